The second-order valence-corrected chi connectivity index (χ2v) is 5.32. The fraction of sp³-hybridized carbons (Fsp3) is 0.917. The Morgan fingerprint density at radius 1 is 1.40 bits per heavy atom. The number of ketones is 1. The minimum atomic E-state index is 0.165. The summed E-state index contributed by atoms with van der Waals surface area (Å²) in [7, 11) is 4.24. The molecule has 1 aliphatic heterocycles. The number of carbonyl (C=O) groups excluding carboxylic acids is 1. The Morgan fingerprint density at radius 2 is 2.00 bits per heavy atom. The summed E-state index contributed by atoms with van der Waals surface area (Å²) in [6, 6.07) is 0.602. The molecule has 0 aromatic carbocycles. The lowest BCUT2D eigenvalue weighted by Crippen LogP contribution is -2.35. The van der Waals surface area contributed by atoms with Crippen molar-refractivity contribution < 1.29 is 4.79 Å². The molecule has 1 fully saturated rings. The summed E-state index contributed by atoms with van der Waals surface area (Å²) in [5.41, 5.74) is 0. The highest BCUT2D eigenvalue weighted by Gasteiger charge is 2.31. The zero-order valence-electron chi connectivity index (χ0n) is 10.7. The molecular weight excluding hydrogens is 188 g/mol. The summed E-state index contributed by atoms with van der Waals surface area (Å²) in [6.45, 7) is 8.95. The van der Waals surface area contributed by atoms with Crippen molar-refractivity contribution in [2.24, 2.45) is 11.8 Å². The van der Waals surface area contributed by atoms with Crippen molar-refractivity contribution in [2.45, 2.75) is 26.8 Å². The Balaban J connectivity index is 2.45. The van der Waals surface area contributed by atoms with Crippen LogP contribution in [0.25, 0.3) is 0 Å². The lowest BCUT2D eigenvalue weighted by atomic mass is 10.1. The summed E-state index contributed by atoms with van der Waals surface area (Å²) in [4.78, 5) is 16.2. The van der Waals surface area contributed by atoms with Crippen LogP contribution in [-0.2, 0) is 4.79 Å². The molecule has 0 spiro atoms. The lowest BCUT2D eigenvalue weighted by Gasteiger charge is -2.22. The number of hydrogen-bond acceptors (Lipinski definition) is 3. The van der Waals surface area contributed by atoms with Crippen molar-refractivity contribution in [1.29, 1.82) is 0 Å². The van der Waals surface area contributed by atoms with Gasteiger partial charge in [-0.1, -0.05) is 20.8 Å². The molecule has 0 bridgehead atoms. The highest BCUT2D eigenvalue weighted by molar-refractivity contribution is 5.82. The van der Waals surface area contributed by atoms with Gasteiger partial charge in [-0.25, -0.2) is 0 Å². The number of rotatable bonds is 4. The molecule has 88 valence electrons. The molecule has 0 N–H and O–H groups in total. The maximum absolute atomic E-state index is 11.6. The molecule has 3 nitrogen and oxygen atoms in total. The lowest BCUT2D eigenvalue weighted by molar-refractivity contribution is -0.122. The molecule has 0 aliphatic carbocycles. The largest absolute Gasteiger partial charge is 0.305 e. The van der Waals surface area contributed by atoms with Crippen LogP contribution >= 0.6 is 0 Å². The summed E-state index contributed by atoms with van der Waals surface area (Å²) in [6.07, 6.45) is 0. The third-order valence-corrected chi connectivity index (χ3v) is 3.33. The number of Topliss-reactive ketones (excluding diaryl/α,β-unsaturated/α-hetero) is 1. The van der Waals surface area contributed by atoms with E-state index in [1.807, 2.05) is 13.8 Å². The molecule has 0 aromatic heterocycles. The fourth-order valence-electron chi connectivity index (χ4n) is 2.25. The predicted molar refractivity (Wildman–Crippen MR) is 62.9 cm³/mol. The molecule has 1 aliphatic rings. The van der Waals surface area contributed by atoms with Crippen LogP contribution in [-0.4, -0.2) is 55.4 Å². The van der Waals surface area contributed by atoms with Gasteiger partial charge < -0.3 is 4.90 Å². The molecule has 3 heteroatoms. The summed E-state index contributed by atoms with van der Waals surface area (Å²) >= 11 is 0. The van der Waals surface area contributed by atoms with Crippen molar-refractivity contribution >= 4 is 5.78 Å². The number of carbonyl (C=O) groups is 1. The maximum atomic E-state index is 11.6. The van der Waals surface area contributed by atoms with Gasteiger partial charge in [0.05, 0.1) is 6.54 Å². The number of likely N-dealkylation sites (N-methyl/N-ethyl adjacent to an activating group) is 1. The third-order valence-electron chi connectivity index (χ3n) is 3.33. The van der Waals surface area contributed by atoms with Crippen LogP contribution < -0.4 is 0 Å². The Bertz CT molecular complexity index is 226. The molecule has 0 saturated carbocycles. The molecular formula is C12H24N2O. The summed E-state index contributed by atoms with van der Waals surface area (Å²) in [5.74, 6) is 1.19. The molecule has 2 atom stereocenters. The van der Waals surface area contributed by atoms with Gasteiger partial charge in [0.1, 0.15) is 5.78 Å². The minimum Gasteiger partial charge on any atom is -0.305 e. The molecule has 2 unspecified atom stereocenters. The standard InChI is InChI=1S/C12H24N2O/c1-9(2)12(15)8-14-6-10(3)11(7-14)13(4)5/h9-11H,6-8H2,1-5H3. The third kappa shape index (κ3) is 3.28. The van der Waals surface area contributed by atoms with Crippen LogP contribution in [0.5, 0.6) is 0 Å². The van der Waals surface area contributed by atoms with E-state index in [9.17, 15) is 4.79 Å². The van der Waals surface area contributed by atoms with Gasteiger partial charge in [-0.2, -0.15) is 0 Å². The second-order valence-electron chi connectivity index (χ2n) is 5.32. The monoisotopic (exact) mass is 212 g/mol. The first-order valence-corrected chi connectivity index (χ1v) is 5.83. The Morgan fingerprint density at radius 3 is 2.40 bits per heavy atom. The Labute approximate surface area is 93.4 Å². The van der Waals surface area contributed by atoms with Crippen LogP contribution in [0.3, 0.4) is 0 Å². The fourth-order valence-corrected chi connectivity index (χ4v) is 2.25. The first kappa shape index (κ1) is 12.7. The zero-order valence-corrected chi connectivity index (χ0v) is 10.7. The van der Waals surface area contributed by atoms with E-state index in [0.29, 0.717) is 24.3 Å². The molecule has 1 rings (SSSR count). The van der Waals surface area contributed by atoms with E-state index in [2.05, 4.69) is 30.8 Å². The van der Waals surface area contributed by atoms with Crippen molar-refractivity contribution in [3.05, 3.63) is 0 Å². The number of nitrogens with zero attached hydrogens (tertiary/aromatic N) is 2. The van der Waals surface area contributed by atoms with Crippen LogP contribution in [0.15, 0.2) is 0 Å². The van der Waals surface area contributed by atoms with E-state index in [-0.39, 0.29) is 5.92 Å². The summed E-state index contributed by atoms with van der Waals surface area (Å²) < 4.78 is 0. The van der Waals surface area contributed by atoms with E-state index >= 15 is 0 Å². The van der Waals surface area contributed by atoms with Crippen molar-refractivity contribution in [2.75, 3.05) is 33.7 Å². The van der Waals surface area contributed by atoms with Gasteiger partial charge in [-0.05, 0) is 20.0 Å². The normalized spacial score (nSPS) is 27.9. The van der Waals surface area contributed by atoms with Gasteiger partial charge in [0.15, 0.2) is 0 Å². The van der Waals surface area contributed by atoms with Gasteiger partial charge in [-0.15, -0.1) is 0 Å². The minimum absolute atomic E-state index is 0.165. The first-order chi connectivity index (χ1) is 6.91. The topological polar surface area (TPSA) is 23.6 Å². The van der Waals surface area contributed by atoms with Gasteiger partial charge >= 0.3 is 0 Å². The molecule has 15 heavy (non-hydrogen) atoms. The van der Waals surface area contributed by atoms with Crippen molar-refractivity contribution in [3.63, 3.8) is 0 Å². The number of likely N-dealkylation sites (tertiary alicyclic amines) is 1. The molecule has 1 heterocycles. The van der Waals surface area contributed by atoms with Gasteiger partial charge in [0.2, 0.25) is 0 Å². The van der Waals surface area contributed by atoms with E-state index < -0.39 is 0 Å². The maximum Gasteiger partial charge on any atom is 0.149 e. The zero-order chi connectivity index (χ0) is 11.6. The summed E-state index contributed by atoms with van der Waals surface area (Å²) in [5, 5.41) is 0. The van der Waals surface area contributed by atoms with Gasteiger partial charge in [-0.3, -0.25) is 9.69 Å². The molecule has 0 aromatic rings. The SMILES string of the molecule is CC(C)C(=O)CN1CC(C)C(N(C)C)C1. The Kier molecular flexibility index (Phi) is 4.29. The van der Waals surface area contributed by atoms with E-state index in [4.69, 9.17) is 0 Å². The van der Waals surface area contributed by atoms with E-state index in [1.165, 1.54) is 0 Å². The second kappa shape index (κ2) is 5.08. The van der Waals surface area contributed by atoms with Crippen LogP contribution in [0, 0.1) is 11.8 Å². The van der Waals surface area contributed by atoms with Crippen LogP contribution in [0.4, 0.5) is 0 Å². The van der Waals surface area contributed by atoms with Gasteiger partial charge in [0.25, 0.3) is 0 Å². The smallest absolute Gasteiger partial charge is 0.149 e. The van der Waals surface area contributed by atoms with Crippen LogP contribution in [0.2, 0.25) is 0 Å². The average Bonchev–Trinajstić information content (AvgIpc) is 2.46. The first-order valence-electron chi connectivity index (χ1n) is 5.83. The van der Waals surface area contributed by atoms with Gasteiger partial charge in [0, 0.05) is 25.0 Å². The van der Waals surface area contributed by atoms with Crippen LogP contribution in [0.1, 0.15) is 20.8 Å². The quantitative estimate of drug-likeness (QED) is 0.697. The van der Waals surface area contributed by atoms with E-state index in [0.717, 1.165) is 13.1 Å². The van der Waals surface area contributed by atoms with E-state index in [1.54, 1.807) is 0 Å². The highest BCUT2D eigenvalue weighted by Crippen LogP contribution is 2.19. The predicted octanol–water partition coefficient (Wildman–Crippen LogP) is 1.09. The number of hydrogen-bond donors (Lipinski definition) is 0. The molecule has 1 saturated heterocycles. The molecule has 0 radical (unpaired) electrons. The van der Waals surface area contributed by atoms with Crippen molar-refractivity contribution in [3.8, 4) is 0 Å². The molecule has 0 amide bonds. The average molecular weight is 212 g/mol. The Hall–Kier alpha value is -0.410. The van der Waals surface area contributed by atoms with Crippen molar-refractivity contribution in [1.82, 2.24) is 9.80 Å². The highest BCUT2D eigenvalue weighted by atomic mass is 16.1.